The molecule has 1 amide bonds. The van der Waals surface area contributed by atoms with E-state index in [1.54, 1.807) is 0 Å². The van der Waals surface area contributed by atoms with E-state index in [9.17, 15) is 17.6 Å². The topological polar surface area (TPSA) is 99.1 Å². The lowest BCUT2D eigenvalue weighted by molar-refractivity contribution is -0.105. The van der Waals surface area contributed by atoms with Gasteiger partial charge in [-0.2, -0.15) is 0 Å². The zero-order chi connectivity index (χ0) is 16.7. The van der Waals surface area contributed by atoms with Crippen LogP contribution in [0.15, 0.2) is 12.1 Å². The van der Waals surface area contributed by atoms with Crippen molar-refractivity contribution in [1.29, 1.82) is 5.41 Å². The number of halogens is 2. The molecule has 1 atom stereocenters. The van der Waals surface area contributed by atoms with E-state index in [2.05, 4.69) is 10.6 Å². The van der Waals surface area contributed by atoms with Gasteiger partial charge in [-0.15, -0.1) is 0 Å². The van der Waals surface area contributed by atoms with E-state index in [-0.39, 0.29) is 27.9 Å². The monoisotopic (exact) mass is 347 g/mol. The molecule has 0 aliphatic carbocycles. The van der Waals surface area contributed by atoms with E-state index in [1.165, 1.54) is 26.0 Å². The number of amidine groups is 1. The van der Waals surface area contributed by atoms with Crippen molar-refractivity contribution in [3.63, 3.8) is 0 Å². The molecule has 0 radical (unpaired) electrons. The molecule has 1 aliphatic heterocycles. The molecule has 22 heavy (non-hydrogen) atoms. The van der Waals surface area contributed by atoms with E-state index < -0.39 is 26.4 Å². The Labute approximate surface area is 132 Å². The Morgan fingerprint density at radius 1 is 1.50 bits per heavy atom. The van der Waals surface area contributed by atoms with Gasteiger partial charge in [-0.1, -0.05) is 11.6 Å². The van der Waals surface area contributed by atoms with Gasteiger partial charge in [0.05, 0.1) is 16.8 Å². The molecule has 1 saturated heterocycles. The highest BCUT2D eigenvalue weighted by Crippen LogP contribution is 2.34. The fraction of sp³-hybridized carbons (Fsp3) is 0.385. The largest absolute Gasteiger partial charge is 0.365 e. The summed E-state index contributed by atoms with van der Waals surface area (Å²) in [7, 11) is -3.65. The zero-order valence-corrected chi connectivity index (χ0v) is 13.5. The zero-order valence-electron chi connectivity index (χ0n) is 11.9. The van der Waals surface area contributed by atoms with E-state index in [0.717, 1.165) is 0 Å². The van der Waals surface area contributed by atoms with Gasteiger partial charge in [0.1, 0.15) is 16.4 Å². The summed E-state index contributed by atoms with van der Waals surface area (Å²) in [5.74, 6) is -1.37. The van der Waals surface area contributed by atoms with Gasteiger partial charge in [0.2, 0.25) is 6.41 Å². The van der Waals surface area contributed by atoms with Crippen molar-refractivity contribution < 1.29 is 17.6 Å². The van der Waals surface area contributed by atoms with Crippen LogP contribution in [-0.2, 0) is 14.6 Å². The van der Waals surface area contributed by atoms with Gasteiger partial charge in [0, 0.05) is 11.3 Å². The highest BCUT2D eigenvalue weighted by Gasteiger charge is 2.46. The number of sulfone groups is 1. The predicted molar refractivity (Wildman–Crippen MR) is 82.6 cm³/mol. The summed E-state index contributed by atoms with van der Waals surface area (Å²) in [5, 5.41) is 12.7. The summed E-state index contributed by atoms with van der Waals surface area (Å²) < 4.78 is 37.5. The fourth-order valence-corrected chi connectivity index (χ4v) is 3.87. The van der Waals surface area contributed by atoms with Crippen molar-refractivity contribution in [2.75, 3.05) is 11.1 Å². The van der Waals surface area contributed by atoms with Crippen molar-refractivity contribution >= 4 is 39.4 Å². The molecule has 1 heterocycles. The molecule has 0 bridgehead atoms. The van der Waals surface area contributed by atoms with Crippen LogP contribution < -0.4 is 10.6 Å². The van der Waals surface area contributed by atoms with Crippen molar-refractivity contribution in [3.05, 3.63) is 28.5 Å². The Morgan fingerprint density at radius 3 is 2.68 bits per heavy atom. The molecule has 1 aromatic carbocycles. The molecule has 1 aromatic rings. The van der Waals surface area contributed by atoms with Crippen LogP contribution in [0.3, 0.4) is 0 Å². The highest BCUT2D eigenvalue weighted by molar-refractivity contribution is 7.93. The van der Waals surface area contributed by atoms with E-state index in [1.807, 2.05) is 0 Å². The third-order valence-electron chi connectivity index (χ3n) is 3.74. The number of hydrogen-bond donors (Lipinski definition) is 3. The lowest BCUT2D eigenvalue weighted by Gasteiger charge is -2.36. The third-order valence-corrected chi connectivity index (χ3v) is 6.55. The minimum atomic E-state index is -3.65. The standard InChI is InChI=1S/C13H15ClFN3O3S/c1-13(2)12(16)18-10(5-22(13,20)21)8-3-7(17-6-19)4-9(14)11(8)15/h3-4,6,10H,5H2,1-2H3,(H2,16,18)(H,17,19). The Kier molecular flexibility index (Phi) is 4.18. The molecular weight excluding hydrogens is 333 g/mol. The van der Waals surface area contributed by atoms with Gasteiger partial charge >= 0.3 is 0 Å². The summed E-state index contributed by atoms with van der Waals surface area (Å²) in [6, 6.07) is 1.58. The Bertz CT molecular complexity index is 749. The molecule has 0 aromatic heterocycles. The molecule has 1 fully saturated rings. The van der Waals surface area contributed by atoms with E-state index >= 15 is 0 Å². The number of carbonyl (C=O) groups is 1. The first-order valence-electron chi connectivity index (χ1n) is 6.37. The van der Waals surface area contributed by atoms with Crippen LogP contribution in [-0.4, -0.2) is 31.2 Å². The van der Waals surface area contributed by atoms with Gasteiger partial charge in [-0.25, -0.2) is 12.8 Å². The first-order valence-corrected chi connectivity index (χ1v) is 8.40. The quantitative estimate of drug-likeness (QED) is 0.727. The van der Waals surface area contributed by atoms with Crippen LogP contribution in [0.2, 0.25) is 5.02 Å². The van der Waals surface area contributed by atoms with Gasteiger partial charge in [-0.05, 0) is 26.0 Å². The van der Waals surface area contributed by atoms with Crippen LogP contribution in [0.1, 0.15) is 25.5 Å². The maximum absolute atomic E-state index is 14.2. The van der Waals surface area contributed by atoms with Crippen molar-refractivity contribution in [3.8, 4) is 0 Å². The van der Waals surface area contributed by atoms with E-state index in [4.69, 9.17) is 17.0 Å². The van der Waals surface area contributed by atoms with Crippen molar-refractivity contribution in [1.82, 2.24) is 5.32 Å². The second-order valence-electron chi connectivity index (χ2n) is 5.49. The summed E-state index contributed by atoms with van der Waals surface area (Å²) in [5.41, 5.74) is 0.229. The minimum absolute atomic E-state index is 0.0133. The van der Waals surface area contributed by atoms with Crippen LogP contribution in [0, 0.1) is 11.2 Å². The first-order chi connectivity index (χ1) is 10.1. The molecule has 3 N–H and O–H groups in total. The Hall–Kier alpha value is -1.67. The number of nitrogens with one attached hydrogen (secondary N) is 3. The summed E-state index contributed by atoms with van der Waals surface area (Å²) in [6.45, 7) is 2.84. The molecule has 1 unspecified atom stereocenters. The molecule has 1 aliphatic rings. The molecule has 0 saturated carbocycles. The molecular formula is C13H15ClFN3O3S. The lowest BCUT2D eigenvalue weighted by Crippen LogP contribution is -2.56. The second-order valence-corrected chi connectivity index (χ2v) is 8.48. The second kappa shape index (κ2) is 5.51. The van der Waals surface area contributed by atoms with Gasteiger partial charge in [-0.3, -0.25) is 10.2 Å². The van der Waals surface area contributed by atoms with Crippen LogP contribution >= 0.6 is 11.6 Å². The number of rotatable bonds is 3. The summed E-state index contributed by atoms with van der Waals surface area (Å²) in [4.78, 5) is 10.5. The van der Waals surface area contributed by atoms with E-state index in [0.29, 0.717) is 6.41 Å². The average molecular weight is 348 g/mol. The maximum Gasteiger partial charge on any atom is 0.211 e. The normalized spacial score (nSPS) is 22.7. The Morgan fingerprint density at radius 2 is 2.14 bits per heavy atom. The molecule has 9 heteroatoms. The number of carbonyl (C=O) groups excluding carboxylic acids is 1. The highest BCUT2D eigenvalue weighted by atomic mass is 35.5. The molecule has 120 valence electrons. The molecule has 6 nitrogen and oxygen atoms in total. The maximum atomic E-state index is 14.2. The Balaban J connectivity index is 2.49. The molecule has 0 spiro atoms. The van der Waals surface area contributed by atoms with Crippen LogP contribution in [0.25, 0.3) is 0 Å². The van der Waals surface area contributed by atoms with Crippen LogP contribution in [0.5, 0.6) is 0 Å². The lowest BCUT2D eigenvalue weighted by atomic mass is 10.0. The summed E-state index contributed by atoms with van der Waals surface area (Å²) in [6.07, 6.45) is 0.406. The van der Waals surface area contributed by atoms with Gasteiger partial charge in [0.25, 0.3) is 0 Å². The van der Waals surface area contributed by atoms with Gasteiger partial charge in [0.15, 0.2) is 9.84 Å². The van der Waals surface area contributed by atoms with Crippen molar-refractivity contribution in [2.24, 2.45) is 0 Å². The average Bonchev–Trinajstić information content (AvgIpc) is 2.40. The smallest absolute Gasteiger partial charge is 0.211 e. The SMILES string of the molecule is CC1(C)C(=N)NC(c2cc(NC=O)cc(Cl)c2F)CS1(=O)=O. The van der Waals surface area contributed by atoms with Crippen molar-refractivity contribution in [2.45, 2.75) is 24.6 Å². The fourth-order valence-electron chi connectivity index (χ4n) is 2.16. The number of anilines is 1. The third kappa shape index (κ3) is 2.68. The summed E-state index contributed by atoms with van der Waals surface area (Å²) >= 11 is 5.78. The minimum Gasteiger partial charge on any atom is -0.365 e. The first kappa shape index (κ1) is 16.7. The number of amides is 1. The number of benzene rings is 1. The van der Waals surface area contributed by atoms with Gasteiger partial charge < -0.3 is 10.6 Å². The number of hydrogen-bond acceptors (Lipinski definition) is 4. The molecule has 2 rings (SSSR count). The van der Waals surface area contributed by atoms with Crippen LogP contribution in [0.4, 0.5) is 10.1 Å². The predicted octanol–water partition coefficient (Wildman–Crippen LogP) is 1.86.